The molecule has 3 rings (SSSR count). The largest absolute Gasteiger partial charge is 0.339 e. The van der Waals surface area contributed by atoms with E-state index in [-0.39, 0.29) is 22.6 Å². The highest BCUT2D eigenvalue weighted by atomic mass is 16.6. The van der Waals surface area contributed by atoms with E-state index in [4.69, 9.17) is 0 Å². The molecular weight excluding hydrogens is 268 g/mol. The molecule has 1 saturated heterocycles. The number of hydrogen-bond donors (Lipinski definition) is 0. The van der Waals surface area contributed by atoms with Gasteiger partial charge in [0, 0.05) is 31.1 Å². The third-order valence-electron chi connectivity index (χ3n) is 4.85. The summed E-state index contributed by atoms with van der Waals surface area (Å²) in [7, 11) is 0. The van der Waals surface area contributed by atoms with E-state index in [0.29, 0.717) is 12.3 Å². The topological polar surface area (TPSA) is 63.5 Å². The minimum atomic E-state index is -0.333. The number of carbonyl (C=O) groups excluding carboxylic acids is 1. The van der Waals surface area contributed by atoms with Gasteiger partial charge in [0.25, 0.3) is 5.69 Å². The molecule has 0 bridgehead atoms. The van der Waals surface area contributed by atoms with Crippen LogP contribution >= 0.6 is 0 Å². The van der Waals surface area contributed by atoms with Gasteiger partial charge in [0.2, 0.25) is 5.91 Å². The van der Waals surface area contributed by atoms with Gasteiger partial charge in [-0.25, -0.2) is 0 Å². The van der Waals surface area contributed by atoms with E-state index in [0.717, 1.165) is 43.4 Å². The van der Waals surface area contributed by atoms with Crippen molar-refractivity contribution in [1.82, 2.24) is 4.90 Å². The van der Waals surface area contributed by atoms with Gasteiger partial charge in [-0.3, -0.25) is 14.9 Å². The molecule has 112 valence electrons. The average Bonchev–Trinajstić information content (AvgIpc) is 2.50. The lowest BCUT2D eigenvalue weighted by atomic mass is 9.75. The van der Waals surface area contributed by atoms with Gasteiger partial charge in [0.05, 0.1) is 4.92 Å². The summed E-state index contributed by atoms with van der Waals surface area (Å²) in [5, 5.41) is 10.9. The van der Waals surface area contributed by atoms with E-state index in [2.05, 4.69) is 0 Å². The maximum Gasteiger partial charge on any atom is 0.269 e. The van der Waals surface area contributed by atoms with Crippen LogP contribution in [0.15, 0.2) is 18.2 Å². The van der Waals surface area contributed by atoms with Gasteiger partial charge in [-0.15, -0.1) is 0 Å². The molecule has 1 heterocycles. The van der Waals surface area contributed by atoms with Crippen molar-refractivity contribution in [2.45, 2.75) is 45.1 Å². The smallest absolute Gasteiger partial charge is 0.269 e. The van der Waals surface area contributed by atoms with Crippen LogP contribution in [0.3, 0.4) is 0 Å². The first kappa shape index (κ1) is 14.0. The van der Waals surface area contributed by atoms with Gasteiger partial charge < -0.3 is 4.90 Å². The number of nitrogens with zero attached hydrogens (tertiary/aromatic N) is 2. The third kappa shape index (κ3) is 2.52. The summed E-state index contributed by atoms with van der Waals surface area (Å²) >= 11 is 0. The van der Waals surface area contributed by atoms with E-state index in [1.807, 2.05) is 17.9 Å². The first-order valence-corrected chi connectivity index (χ1v) is 7.65. The molecule has 1 aromatic carbocycles. The van der Waals surface area contributed by atoms with Crippen molar-refractivity contribution in [1.29, 1.82) is 0 Å². The third-order valence-corrected chi connectivity index (χ3v) is 4.85. The molecule has 0 spiro atoms. The van der Waals surface area contributed by atoms with Crippen molar-refractivity contribution < 1.29 is 9.72 Å². The van der Waals surface area contributed by atoms with E-state index in [1.54, 1.807) is 12.1 Å². The number of rotatable bonds is 2. The zero-order valence-corrected chi connectivity index (χ0v) is 12.2. The second-order valence-electron chi connectivity index (χ2n) is 6.03. The Morgan fingerprint density at radius 3 is 2.90 bits per heavy atom. The Balaban J connectivity index is 1.89. The number of non-ortho nitro benzene ring substituents is 1. The number of nitro benzene ring substituents is 1. The molecule has 0 aromatic heterocycles. The van der Waals surface area contributed by atoms with Crippen LogP contribution in [0.4, 0.5) is 5.69 Å². The van der Waals surface area contributed by atoms with Crippen LogP contribution in [-0.4, -0.2) is 28.3 Å². The van der Waals surface area contributed by atoms with Gasteiger partial charge in [-0.05, 0) is 42.7 Å². The summed E-state index contributed by atoms with van der Waals surface area (Å²) in [5.74, 6) is 0.679. The maximum absolute atomic E-state index is 12.1. The number of nitro groups is 1. The normalized spacial score (nSPS) is 24.1. The lowest BCUT2D eigenvalue weighted by molar-refractivity contribution is -0.384. The highest BCUT2D eigenvalue weighted by molar-refractivity contribution is 5.76. The molecule has 1 fully saturated rings. The molecule has 0 saturated carbocycles. The van der Waals surface area contributed by atoms with Crippen LogP contribution in [0.5, 0.6) is 0 Å². The molecule has 5 nitrogen and oxygen atoms in total. The molecule has 5 heteroatoms. The summed E-state index contributed by atoms with van der Waals surface area (Å²) < 4.78 is 0. The molecule has 1 aliphatic heterocycles. The van der Waals surface area contributed by atoms with E-state index in [1.165, 1.54) is 0 Å². The Bertz CT molecular complexity index is 585. The van der Waals surface area contributed by atoms with Crippen molar-refractivity contribution >= 4 is 11.6 Å². The fourth-order valence-electron chi connectivity index (χ4n) is 3.79. The zero-order valence-electron chi connectivity index (χ0n) is 12.2. The monoisotopic (exact) mass is 288 g/mol. The number of benzene rings is 1. The average molecular weight is 288 g/mol. The first-order chi connectivity index (χ1) is 10.1. The number of piperidine rings is 1. The molecule has 1 aromatic rings. The fourth-order valence-corrected chi connectivity index (χ4v) is 3.79. The number of carbonyl (C=O) groups is 1. The molecule has 0 N–H and O–H groups in total. The Labute approximate surface area is 124 Å². The van der Waals surface area contributed by atoms with Gasteiger partial charge in [-0.1, -0.05) is 13.0 Å². The van der Waals surface area contributed by atoms with Crippen molar-refractivity contribution in [3.8, 4) is 0 Å². The van der Waals surface area contributed by atoms with Crippen LogP contribution in [0.1, 0.15) is 37.3 Å². The van der Waals surface area contributed by atoms with E-state index in [9.17, 15) is 14.9 Å². The summed E-state index contributed by atoms with van der Waals surface area (Å²) in [6, 6.07) is 5.44. The Kier molecular flexibility index (Phi) is 3.66. The molecule has 0 radical (unpaired) electrons. The van der Waals surface area contributed by atoms with Gasteiger partial charge >= 0.3 is 0 Å². The van der Waals surface area contributed by atoms with Crippen molar-refractivity contribution in [3.63, 3.8) is 0 Å². The molecule has 21 heavy (non-hydrogen) atoms. The van der Waals surface area contributed by atoms with E-state index >= 15 is 0 Å². The number of fused-ring (bicyclic) bond motifs is 2. The van der Waals surface area contributed by atoms with Crippen LogP contribution < -0.4 is 0 Å². The van der Waals surface area contributed by atoms with Crippen molar-refractivity contribution in [3.05, 3.63) is 39.4 Å². The first-order valence-electron chi connectivity index (χ1n) is 7.65. The van der Waals surface area contributed by atoms with Crippen molar-refractivity contribution in [2.24, 2.45) is 5.92 Å². The number of likely N-dealkylation sites (tertiary alicyclic amines) is 1. The van der Waals surface area contributed by atoms with Gasteiger partial charge in [0.15, 0.2) is 0 Å². The van der Waals surface area contributed by atoms with Crippen LogP contribution in [-0.2, 0) is 17.6 Å². The standard InChI is InChI=1S/C16H20N2O3/c1-2-16(19)17-7-3-4-12-8-13-9-14(18(20)21)6-5-11(13)10-15(12)17/h5-6,9,12,15H,2-4,7-8,10H2,1H3/t12-,15-/m1/s1. The molecule has 1 amide bonds. The highest BCUT2D eigenvalue weighted by Crippen LogP contribution is 2.36. The molecule has 1 aliphatic carbocycles. The minimum absolute atomic E-state index is 0.171. The summed E-state index contributed by atoms with van der Waals surface area (Å²) in [5.41, 5.74) is 2.43. The SMILES string of the molecule is CCC(=O)N1CCC[C@@H]2Cc3cc([N+](=O)[O-])ccc3C[C@H]21. The number of amides is 1. The van der Waals surface area contributed by atoms with Crippen LogP contribution in [0, 0.1) is 16.0 Å². The minimum Gasteiger partial charge on any atom is -0.339 e. The molecule has 2 atom stereocenters. The fraction of sp³-hybridized carbons (Fsp3) is 0.562. The van der Waals surface area contributed by atoms with Gasteiger partial charge in [0.1, 0.15) is 0 Å². The van der Waals surface area contributed by atoms with Crippen LogP contribution in [0.25, 0.3) is 0 Å². The predicted octanol–water partition coefficient (Wildman–Crippen LogP) is 2.71. The lowest BCUT2D eigenvalue weighted by Crippen LogP contribution is -2.51. The highest BCUT2D eigenvalue weighted by Gasteiger charge is 2.37. The zero-order chi connectivity index (χ0) is 15.0. The molecule has 0 unspecified atom stereocenters. The summed E-state index contributed by atoms with van der Waals surface area (Å²) in [4.78, 5) is 24.7. The molecule has 2 aliphatic rings. The quantitative estimate of drug-likeness (QED) is 0.621. The Morgan fingerprint density at radius 2 is 2.19 bits per heavy atom. The molecular formula is C16H20N2O3. The summed E-state index contributed by atoms with van der Waals surface area (Å²) in [6.45, 7) is 2.77. The predicted molar refractivity (Wildman–Crippen MR) is 79.0 cm³/mol. The maximum atomic E-state index is 12.1. The Morgan fingerprint density at radius 1 is 1.38 bits per heavy atom. The number of hydrogen-bond acceptors (Lipinski definition) is 3. The second kappa shape index (κ2) is 5.47. The second-order valence-corrected chi connectivity index (χ2v) is 6.03. The van der Waals surface area contributed by atoms with Crippen LogP contribution in [0.2, 0.25) is 0 Å². The van der Waals surface area contributed by atoms with Gasteiger partial charge in [-0.2, -0.15) is 0 Å². The van der Waals surface area contributed by atoms with Crippen molar-refractivity contribution in [2.75, 3.05) is 6.54 Å². The Hall–Kier alpha value is -1.91. The summed E-state index contributed by atoms with van der Waals surface area (Å²) in [6.07, 6.45) is 4.40. The van der Waals surface area contributed by atoms with E-state index < -0.39 is 0 Å². The lowest BCUT2D eigenvalue weighted by Gasteiger charge is -2.44.